The minimum Gasteiger partial charge on any atom is -0.493 e. The number of nitrogens with one attached hydrogen (secondary N) is 1. The molecule has 0 aliphatic carbocycles. The smallest absolute Gasteiger partial charge is 0.419 e. The molecule has 1 amide bonds. The van der Waals surface area contributed by atoms with E-state index in [0.717, 1.165) is 6.07 Å². The summed E-state index contributed by atoms with van der Waals surface area (Å²) in [4.78, 5) is 22.5. The van der Waals surface area contributed by atoms with Gasteiger partial charge in [-0.25, -0.2) is 14.4 Å². The maximum Gasteiger partial charge on any atom is 0.419 e. The van der Waals surface area contributed by atoms with Crippen molar-refractivity contribution in [2.75, 3.05) is 38.4 Å². The Morgan fingerprint density at radius 2 is 1.82 bits per heavy atom. The average Bonchev–Trinajstić information content (AvgIpc) is 2.83. The van der Waals surface area contributed by atoms with E-state index in [9.17, 15) is 22.4 Å². The molecule has 0 saturated carbocycles. The first kappa shape index (κ1) is 28.7. The zero-order valence-electron chi connectivity index (χ0n) is 22.0. The first-order valence-corrected chi connectivity index (χ1v) is 11.9. The molecule has 1 heterocycles. The number of hydrogen-bond donors (Lipinski definition) is 2. The monoisotopic (exact) mass is 537 g/mol. The molecule has 3 rings (SSSR count). The molecule has 0 fully saturated rings. The van der Waals surface area contributed by atoms with Gasteiger partial charge in [0.05, 0.1) is 30.8 Å². The van der Waals surface area contributed by atoms with Crippen molar-refractivity contribution < 1.29 is 31.8 Å². The third-order valence-electron chi connectivity index (χ3n) is 5.90. The number of halogens is 4. The number of nitrogens with zero attached hydrogens (tertiary/aromatic N) is 3. The van der Waals surface area contributed by atoms with Gasteiger partial charge in [0.15, 0.2) is 11.5 Å². The number of benzene rings is 2. The fourth-order valence-electron chi connectivity index (χ4n) is 3.95. The molecule has 0 radical (unpaired) electrons. The standard InChI is InChI=1S/C26H31F4N5O3/c1-13(2)25(36)35(5)7-8-38-22-11-18-20(12-21(22)37-6)33-15(4)34-24(18)32-14(3)17-9-16(31)10-19(23(17)27)26(28,29)30/h9-14H,7-8,31H2,1-6H3,(H,32,33,34)/t14-/m1/s1. The Hall–Kier alpha value is -3.83. The van der Waals surface area contributed by atoms with Crippen LogP contribution >= 0.6 is 0 Å². The molecule has 0 saturated heterocycles. The number of aryl methyl sites for hydroxylation is 1. The molecular formula is C26H31F4N5O3. The van der Waals surface area contributed by atoms with Crippen LogP contribution in [0, 0.1) is 18.7 Å². The number of methoxy groups -OCH3 is 1. The number of fused-ring (bicyclic) bond motifs is 1. The summed E-state index contributed by atoms with van der Waals surface area (Å²) >= 11 is 0. The van der Waals surface area contributed by atoms with Gasteiger partial charge >= 0.3 is 6.18 Å². The van der Waals surface area contributed by atoms with Crippen LogP contribution in [0.15, 0.2) is 24.3 Å². The number of alkyl halides is 3. The molecule has 12 heteroatoms. The first-order chi connectivity index (χ1) is 17.7. The Morgan fingerprint density at radius 1 is 1.13 bits per heavy atom. The second-order valence-electron chi connectivity index (χ2n) is 9.24. The molecular weight excluding hydrogens is 506 g/mol. The number of rotatable bonds is 9. The summed E-state index contributed by atoms with van der Waals surface area (Å²) in [6.07, 6.45) is -4.90. The van der Waals surface area contributed by atoms with Crippen molar-refractivity contribution in [2.24, 2.45) is 5.92 Å². The van der Waals surface area contributed by atoms with E-state index < -0.39 is 23.6 Å². The Labute approximate surface area is 218 Å². The van der Waals surface area contributed by atoms with Gasteiger partial charge in [0.1, 0.15) is 24.1 Å². The SMILES string of the molecule is COc1cc2nc(C)nc(N[C@H](C)c3cc(N)cc(C(F)(F)F)c3F)c2cc1OCCN(C)C(=O)C(C)C. The second kappa shape index (κ2) is 11.3. The first-order valence-electron chi connectivity index (χ1n) is 11.9. The summed E-state index contributed by atoms with van der Waals surface area (Å²) in [6.45, 7) is 7.28. The van der Waals surface area contributed by atoms with Crippen LogP contribution in [-0.4, -0.2) is 48.1 Å². The number of carbonyl (C=O) groups is 1. The summed E-state index contributed by atoms with van der Waals surface area (Å²) in [5.74, 6) is -0.204. The topological polar surface area (TPSA) is 103 Å². The van der Waals surface area contributed by atoms with Crippen molar-refractivity contribution in [3.63, 3.8) is 0 Å². The molecule has 206 valence electrons. The molecule has 1 atom stereocenters. The summed E-state index contributed by atoms with van der Waals surface area (Å²) in [5.41, 5.74) is 4.22. The van der Waals surface area contributed by atoms with Gasteiger partial charge in [0.25, 0.3) is 0 Å². The number of ether oxygens (including phenoxy) is 2. The van der Waals surface area contributed by atoms with Crippen molar-refractivity contribution in [2.45, 2.75) is 39.9 Å². The van der Waals surface area contributed by atoms with Crippen molar-refractivity contribution in [1.82, 2.24) is 14.9 Å². The molecule has 1 aromatic heterocycles. The van der Waals surface area contributed by atoms with Crippen LogP contribution in [0.5, 0.6) is 11.5 Å². The number of nitrogens with two attached hydrogens (primary N) is 1. The zero-order valence-corrected chi connectivity index (χ0v) is 22.0. The number of likely N-dealkylation sites (N-methyl/N-ethyl adjacent to an activating group) is 1. The predicted molar refractivity (Wildman–Crippen MR) is 137 cm³/mol. The number of aromatic nitrogens is 2. The summed E-state index contributed by atoms with van der Waals surface area (Å²) in [5, 5.41) is 3.47. The van der Waals surface area contributed by atoms with E-state index in [0.29, 0.717) is 40.8 Å². The summed E-state index contributed by atoms with van der Waals surface area (Å²) in [6, 6.07) is 4.06. The van der Waals surface area contributed by atoms with E-state index in [1.165, 1.54) is 14.0 Å². The molecule has 0 unspecified atom stereocenters. The Morgan fingerprint density at radius 3 is 2.42 bits per heavy atom. The van der Waals surface area contributed by atoms with Crippen LogP contribution in [0.1, 0.15) is 43.8 Å². The van der Waals surface area contributed by atoms with Crippen LogP contribution in [-0.2, 0) is 11.0 Å². The maximum atomic E-state index is 14.9. The molecule has 3 aromatic rings. The second-order valence-corrected chi connectivity index (χ2v) is 9.24. The lowest BCUT2D eigenvalue weighted by molar-refractivity contribution is -0.140. The van der Waals surface area contributed by atoms with Gasteiger partial charge < -0.3 is 25.4 Å². The van der Waals surface area contributed by atoms with E-state index in [4.69, 9.17) is 15.2 Å². The maximum absolute atomic E-state index is 14.9. The van der Waals surface area contributed by atoms with Crippen molar-refractivity contribution in [3.8, 4) is 11.5 Å². The Balaban J connectivity index is 1.96. The predicted octanol–water partition coefficient (Wildman–Crippen LogP) is 5.35. The van der Waals surface area contributed by atoms with E-state index >= 15 is 0 Å². The van der Waals surface area contributed by atoms with Gasteiger partial charge in [-0.3, -0.25) is 4.79 Å². The van der Waals surface area contributed by atoms with E-state index in [1.54, 1.807) is 31.0 Å². The fraction of sp³-hybridized carbons (Fsp3) is 0.423. The molecule has 38 heavy (non-hydrogen) atoms. The highest BCUT2D eigenvalue weighted by Gasteiger charge is 2.36. The third kappa shape index (κ3) is 6.35. The van der Waals surface area contributed by atoms with Crippen molar-refractivity contribution in [3.05, 3.63) is 47.0 Å². The van der Waals surface area contributed by atoms with Gasteiger partial charge in [-0.2, -0.15) is 13.2 Å². The van der Waals surface area contributed by atoms with Gasteiger partial charge in [-0.05, 0) is 32.0 Å². The molecule has 0 bridgehead atoms. The number of carbonyl (C=O) groups excluding carboxylic acids is 1. The molecule has 0 aliphatic rings. The van der Waals surface area contributed by atoms with Crippen LogP contribution in [0.25, 0.3) is 10.9 Å². The highest BCUT2D eigenvalue weighted by molar-refractivity contribution is 5.92. The van der Waals surface area contributed by atoms with Crippen LogP contribution < -0.4 is 20.5 Å². The fourth-order valence-corrected chi connectivity index (χ4v) is 3.95. The lowest BCUT2D eigenvalue weighted by Crippen LogP contribution is -2.33. The minimum atomic E-state index is -4.90. The van der Waals surface area contributed by atoms with Gasteiger partial charge in [0, 0.05) is 35.7 Å². The largest absolute Gasteiger partial charge is 0.493 e. The van der Waals surface area contributed by atoms with Crippen molar-refractivity contribution in [1.29, 1.82) is 0 Å². The quantitative estimate of drug-likeness (QED) is 0.280. The lowest BCUT2D eigenvalue weighted by atomic mass is 10.0. The zero-order chi connectivity index (χ0) is 28.4. The average molecular weight is 538 g/mol. The summed E-state index contributed by atoms with van der Waals surface area (Å²) in [7, 11) is 3.15. The molecule has 2 aromatic carbocycles. The van der Waals surface area contributed by atoms with Crippen LogP contribution in [0.3, 0.4) is 0 Å². The third-order valence-corrected chi connectivity index (χ3v) is 5.90. The van der Waals surface area contributed by atoms with Gasteiger partial charge in [0.2, 0.25) is 5.91 Å². The molecule has 0 aliphatic heterocycles. The highest BCUT2D eigenvalue weighted by Crippen LogP contribution is 2.38. The minimum absolute atomic E-state index is 0.0223. The van der Waals surface area contributed by atoms with Crippen LogP contribution in [0.2, 0.25) is 0 Å². The normalized spacial score (nSPS) is 12.5. The van der Waals surface area contributed by atoms with E-state index in [1.807, 2.05) is 13.8 Å². The number of anilines is 2. The molecule has 8 nitrogen and oxygen atoms in total. The molecule has 3 N–H and O–H groups in total. The van der Waals surface area contributed by atoms with Crippen molar-refractivity contribution >= 4 is 28.3 Å². The Bertz CT molecular complexity index is 1330. The highest BCUT2D eigenvalue weighted by atomic mass is 19.4. The number of hydrogen-bond acceptors (Lipinski definition) is 7. The van der Waals surface area contributed by atoms with Crippen LogP contribution in [0.4, 0.5) is 29.1 Å². The number of nitrogen functional groups attached to an aromatic ring is 1. The lowest BCUT2D eigenvalue weighted by Gasteiger charge is -2.21. The van der Waals surface area contributed by atoms with Gasteiger partial charge in [-0.1, -0.05) is 13.8 Å². The summed E-state index contributed by atoms with van der Waals surface area (Å²) < 4.78 is 66.2. The van der Waals surface area contributed by atoms with E-state index in [-0.39, 0.29) is 35.5 Å². The van der Waals surface area contributed by atoms with E-state index in [2.05, 4.69) is 15.3 Å². The molecule has 0 spiro atoms. The number of amides is 1. The Kier molecular flexibility index (Phi) is 8.53. The van der Waals surface area contributed by atoms with Gasteiger partial charge in [-0.15, -0.1) is 0 Å².